The van der Waals surface area contributed by atoms with E-state index >= 15 is 0 Å². The molecule has 0 saturated heterocycles. The van der Waals surface area contributed by atoms with E-state index in [-0.39, 0.29) is 5.54 Å². The number of amidine groups is 1. The maximum atomic E-state index is 5.28. The van der Waals surface area contributed by atoms with Crippen molar-refractivity contribution in [3.63, 3.8) is 0 Å². The number of hydrazine groups is 1. The van der Waals surface area contributed by atoms with E-state index in [0.717, 1.165) is 12.3 Å². The van der Waals surface area contributed by atoms with Gasteiger partial charge in [0.15, 0.2) is 0 Å². The van der Waals surface area contributed by atoms with Gasteiger partial charge < -0.3 is 10.2 Å². The van der Waals surface area contributed by atoms with E-state index in [1.165, 1.54) is 0 Å². The van der Waals surface area contributed by atoms with Crippen molar-refractivity contribution >= 4 is 5.84 Å². The molecule has 0 amide bonds. The number of hydrogen-bond donors (Lipinski definition) is 2. The van der Waals surface area contributed by atoms with Crippen LogP contribution in [0.15, 0.2) is 4.99 Å². The summed E-state index contributed by atoms with van der Waals surface area (Å²) in [6.07, 6.45) is 0.726. The number of aliphatic imine (C=N–C) groups is 1. The molecule has 0 rings (SSSR count). The van der Waals surface area contributed by atoms with Crippen LogP contribution in [-0.4, -0.2) is 25.1 Å². The molecule has 0 aliphatic rings. The number of nitrogens with two attached hydrogens (primary N) is 1. The van der Waals surface area contributed by atoms with Crippen LogP contribution in [0.1, 0.15) is 27.2 Å². The van der Waals surface area contributed by atoms with E-state index in [1.807, 2.05) is 20.8 Å². The highest BCUT2D eigenvalue weighted by atomic mass is 16.5. The fourth-order valence-electron chi connectivity index (χ4n) is 0.764. The van der Waals surface area contributed by atoms with Crippen molar-refractivity contribution in [3.05, 3.63) is 0 Å². The highest BCUT2D eigenvalue weighted by Gasteiger charge is 2.08. The first-order valence-electron chi connectivity index (χ1n) is 4.04. The average molecular weight is 173 g/mol. The van der Waals surface area contributed by atoms with E-state index < -0.39 is 0 Å². The van der Waals surface area contributed by atoms with E-state index in [9.17, 15) is 0 Å². The van der Waals surface area contributed by atoms with E-state index in [1.54, 1.807) is 7.11 Å². The normalized spacial score (nSPS) is 13.2. The van der Waals surface area contributed by atoms with Gasteiger partial charge in [-0.3, -0.25) is 4.99 Å². The minimum atomic E-state index is -0.0879. The first-order chi connectivity index (χ1) is 5.49. The largest absolute Gasteiger partial charge is 0.384 e. The van der Waals surface area contributed by atoms with Crippen molar-refractivity contribution in [1.29, 1.82) is 0 Å². The lowest BCUT2D eigenvalue weighted by atomic mass is 10.1. The monoisotopic (exact) mass is 173 g/mol. The molecule has 0 atom stereocenters. The Bertz CT molecular complexity index is 149. The second-order valence-corrected chi connectivity index (χ2v) is 3.62. The van der Waals surface area contributed by atoms with Gasteiger partial charge >= 0.3 is 0 Å². The van der Waals surface area contributed by atoms with Crippen LogP contribution in [0.25, 0.3) is 0 Å². The minimum absolute atomic E-state index is 0.0879. The summed E-state index contributed by atoms with van der Waals surface area (Å²) in [7, 11) is 1.66. The lowest BCUT2D eigenvalue weighted by Crippen LogP contribution is -2.33. The van der Waals surface area contributed by atoms with Crippen LogP contribution in [-0.2, 0) is 4.74 Å². The molecule has 0 unspecified atom stereocenters. The summed E-state index contributed by atoms with van der Waals surface area (Å²) in [6.45, 7) is 6.71. The molecule has 4 heteroatoms. The topological polar surface area (TPSA) is 59.6 Å². The van der Waals surface area contributed by atoms with Crippen molar-refractivity contribution in [2.24, 2.45) is 10.8 Å². The molecule has 0 fully saturated rings. The molecule has 4 nitrogen and oxygen atoms in total. The molecular weight excluding hydrogens is 154 g/mol. The highest BCUT2D eigenvalue weighted by molar-refractivity contribution is 5.82. The molecular formula is C8H19N3O. The van der Waals surface area contributed by atoms with E-state index in [2.05, 4.69) is 10.4 Å². The van der Waals surface area contributed by atoms with Crippen molar-refractivity contribution in [3.8, 4) is 0 Å². The number of hydrogen-bond acceptors (Lipinski definition) is 3. The van der Waals surface area contributed by atoms with Crippen molar-refractivity contribution < 1.29 is 4.74 Å². The fourth-order valence-corrected chi connectivity index (χ4v) is 0.764. The molecule has 0 bridgehead atoms. The van der Waals surface area contributed by atoms with Crippen LogP contribution in [0.4, 0.5) is 0 Å². The summed E-state index contributed by atoms with van der Waals surface area (Å²) in [5.41, 5.74) is 2.48. The van der Waals surface area contributed by atoms with Crippen LogP contribution in [0.5, 0.6) is 0 Å². The summed E-state index contributed by atoms with van der Waals surface area (Å²) in [4.78, 5) is 4.37. The van der Waals surface area contributed by atoms with Gasteiger partial charge in [0.25, 0.3) is 0 Å². The molecule has 0 aromatic heterocycles. The predicted octanol–water partition coefficient (Wildman–Crippen LogP) is 0.683. The molecule has 0 heterocycles. The van der Waals surface area contributed by atoms with Gasteiger partial charge in [0.05, 0.1) is 12.1 Å². The number of rotatable bonds is 3. The second kappa shape index (κ2) is 5.11. The molecule has 0 saturated carbocycles. The molecule has 72 valence electrons. The first-order valence-corrected chi connectivity index (χ1v) is 4.04. The van der Waals surface area contributed by atoms with Gasteiger partial charge in [-0.15, -0.1) is 0 Å². The van der Waals surface area contributed by atoms with Crippen molar-refractivity contribution in [2.75, 3.05) is 13.7 Å². The Morgan fingerprint density at radius 1 is 1.50 bits per heavy atom. The van der Waals surface area contributed by atoms with Crippen LogP contribution in [0.3, 0.4) is 0 Å². The first kappa shape index (κ1) is 11.4. The van der Waals surface area contributed by atoms with Crippen LogP contribution >= 0.6 is 0 Å². The summed E-state index contributed by atoms with van der Waals surface area (Å²) >= 11 is 0. The minimum Gasteiger partial charge on any atom is -0.384 e. The van der Waals surface area contributed by atoms with E-state index in [0.29, 0.717) is 6.61 Å². The summed E-state index contributed by atoms with van der Waals surface area (Å²) in [6, 6.07) is 0. The Hall–Kier alpha value is -0.610. The Labute approximate surface area is 74.2 Å². The van der Waals surface area contributed by atoms with Gasteiger partial charge in [-0.2, -0.15) is 0 Å². The zero-order valence-electron chi connectivity index (χ0n) is 8.35. The summed E-state index contributed by atoms with van der Waals surface area (Å²) < 4.78 is 4.91. The Morgan fingerprint density at radius 2 is 2.08 bits per heavy atom. The summed E-state index contributed by atoms with van der Waals surface area (Å²) in [5, 5.41) is 0. The average Bonchev–Trinajstić information content (AvgIpc) is 1.95. The zero-order valence-corrected chi connectivity index (χ0v) is 8.35. The van der Waals surface area contributed by atoms with Gasteiger partial charge in [0.2, 0.25) is 0 Å². The highest BCUT2D eigenvalue weighted by Crippen LogP contribution is 2.06. The number of nitrogens with zero attached hydrogens (tertiary/aromatic N) is 1. The quantitative estimate of drug-likeness (QED) is 0.285. The Balaban J connectivity index is 4.04. The third kappa shape index (κ3) is 6.12. The van der Waals surface area contributed by atoms with Crippen molar-refractivity contribution in [2.45, 2.75) is 32.7 Å². The summed E-state index contributed by atoms with van der Waals surface area (Å²) in [5.74, 6) is 6.07. The molecule has 0 aliphatic heterocycles. The lowest BCUT2D eigenvalue weighted by molar-refractivity contribution is 0.206. The maximum absolute atomic E-state index is 5.28. The third-order valence-corrected chi connectivity index (χ3v) is 1.18. The predicted molar refractivity (Wildman–Crippen MR) is 51.0 cm³/mol. The molecule has 0 radical (unpaired) electrons. The van der Waals surface area contributed by atoms with Gasteiger partial charge in [-0.25, -0.2) is 5.84 Å². The van der Waals surface area contributed by atoms with Crippen molar-refractivity contribution in [1.82, 2.24) is 5.43 Å². The number of ether oxygens (including phenoxy) is 1. The van der Waals surface area contributed by atoms with E-state index in [4.69, 9.17) is 10.6 Å². The maximum Gasteiger partial charge on any atom is 0.113 e. The molecule has 0 aromatic rings. The van der Waals surface area contributed by atoms with Gasteiger partial charge in [-0.1, -0.05) is 0 Å². The molecule has 3 N–H and O–H groups in total. The second-order valence-electron chi connectivity index (χ2n) is 3.62. The molecule has 12 heavy (non-hydrogen) atoms. The molecule has 0 aliphatic carbocycles. The van der Waals surface area contributed by atoms with Gasteiger partial charge in [0, 0.05) is 13.5 Å². The molecule has 0 spiro atoms. The lowest BCUT2D eigenvalue weighted by Gasteiger charge is -2.15. The fraction of sp³-hybridized carbons (Fsp3) is 0.875. The zero-order chi connectivity index (χ0) is 9.61. The SMILES string of the molecule is COCCC(=NC(C)(C)C)NN. The van der Waals surface area contributed by atoms with Crippen LogP contribution < -0.4 is 11.3 Å². The third-order valence-electron chi connectivity index (χ3n) is 1.18. The number of nitrogens with one attached hydrogen (secondary N) is 1. The Morgan fingerprint density at radius 3 is 2.42 bits per heavy atom. The van der Waals surface area contributed by atoms with Crippen LogP contribution in [0.2, 0.25) is 0 Å². The molecule has 0 aromatic carbocycles. The van der Waals surface area contributed by atoms with Crippen LogP contribution in [0, 0.1) is 0 Å². The van der Waals surface area contributed by atoms with Gasteiger partial charge in [-0.05, 0) is 20.8 Å². The van der Waals surface area contributed by atoms with Gasteiger partial charge in [0.1, 0.15) is 5.84 Å². The smallest absolute Gasteiger partial charge is 0.113 e. The number of methoxy groups -OCH3 is 1. The Kier molecular flexibility index (Phi) is 4.85. The standard InChI is InChI=1S/C8H19N3O/c1-8(2,3)10-7(11-9)5-6-12-4/h5-6,9H2,1-4H3,(H,10,11).